The summed E-state index contributed by atoms with van der Waals surface area (Å²) in [5, 5.41) is 15.9. The molecule has 0 fully saturated rings. The number of pyridine rings is 1. The highest BCUT2D eigenvalue weighted by Gasteiger charge is 2.30. The van der Waals surface area contributed by atoms with E-state index in [-0.39, 0.29) is 6.04 Å². The van der Waals surface area contributed by atoms with E-state index in [2.05, 4.69) is 321 Å². The zero-order chi connectivity index (χ0) is 63.0. The van der Waals surface area contributed by atoms with Gasteiger partial charge in [-0.3, -0.25) is 4.98 Å². The second kappa shape index (κ2) is 21.5. The minimum atomic E-state index is -0.0914. The van der Waals surface area contributed by atoms with E-state index in [0.717, 1.165) is 127 Å². The highest BCUT2D eigenvalue weighted by Crippen LogP contribution is 2.52. The van der Waals surface area contributed by atoms with Gasteiger partial charge < -0.3 is 13.7 Å². The Morgan fingerprint density at radius 3 is 1.65 bits per heavy atom. The maximum Gasteiger partial charge on any atom is 0.159 e. The molecular formula is C92H56N2O2. The molecule has 4 nitrogen and oxygen atoms in total. The Morgan fingerprint density at radius 1 is 0.312 bits per heavy atom. The van der Waals surface area contributed by atoms with Gasteiger partial charge in [-0.1, -0.05) is 237 Å². The van der Waals surface area contributed by atoms with Gasteiger partial charge in [0.05, 0.1) is 17.4 Å². The van der Waals surface area contributed by atoms with Crippen LogP contribution in [0.4, 0.5) is 5.69 Å². The molecule has 1 unspecified atom stereocenters. The van der Waals surface area contributed by atoms with Crippen LogP contribution in [0, 0.1) is 0 Å². The van der Waals surface area contributed by atoms with Crippen LogP contribution >= 0.6 is 0 Å². The monoisotopic (exact) mass is 1220 g/mol. The van der Waals surface area contributed by atoms with Crippen LogP contribution in [0.5, 0.6) is 0 Å². The average Bonchev–Trinajstić information content (AvgIpc) is 1.50. The number of nitrogens with zero attached hydrogens (tertiary/aromatic N) is 2. The Bertz CT molecular complexity index is 6340. The highest BCUT2D eigenvalue weighted by atomic mass is 16.3. The van der Waals surface area contributed by atoms with E-state index in [9.17, 15) is 0 Å². The van der Waals surface area contributed by atoms with Crippen molar-refractivity contribution < 1.29 is 8.83 Å². The lowest BCUT2D eigenvalue weighted by atomic mass is 9.87. The molecule has 0 saturated heterocycles. The summed E-state index contributed by atoms with van der Waals surface area (Å²) in [7, 11) is 0. The third kappa shape index (κ3) is 8.66. The number of fused-ring (bicyclic) bond motifs is 7. The van der Waals surface area contributed by atoms with Gasteiger partial charge in [0.2, 0.25) is 0 Å². The van der Waals surface area contributed by atoms with Crippen molar-refractivity contribution in [3.8, 4) is 78.0 Å². The maximum atomic E-state index is 7.70. The molecule has 0 amide bonds. The van der Waals surface area contributed by atoms with Crippen LogP contribution in [0.3, 0.4) is 0 Å². The summed E-state index contributed by atoms with van der Waals surface area (Å²) in [6, 6.07) is 106. The largest absolute Gasteiger partial charge is 0.456 e. The van der Waals surface area contributed by atoms with Gasteiger partial charge in [-0.2, -0.15) is 0 Å². The number of hydrogen-bond donors (Lipinski definition) is 0. The van der Waals surface area contributed by atoms with Crippen LogP contribution in [0.1, 0.15) is 5.56 Å². The lowest BCUT2D eigenvalue weighted by Crippen LogP contribution is -2.33. The smallest absolute Gasteiger partial charge is 0.159 e. The molecule has 3 aromatic heterocycles. The Morgan fingerprint density at radius 2 is 0.865 bits per heavy atom. The van der Waals surface area contributed by atoms with Gasteiger partial charge in [-0.15, -0.1) is 0 Å². The van der Waals surface area contributed by atoms with Gasteiger partial charge in [-0.25, -0.2) is 0 Å². The quantitative estimate of drug-likeness (QED) is 0.135. The molecule has 0 spiro atoms. The number of furan rings is 2. The first-order valence-electron chi connectivity index (χ1n) is 33.0. The fourth-order valence-corrected chi connectivity index (χ4v) is 15.7. The topological polar surface area (TPSA) is 42.4 Å². The van der Waals surface area contributed by atoms with E-state index in [4.69, 9.17) is 13.8 Å². The molecule has 0 radical (unpaired) electrons. The lowest BCUT2D eigenvalue weighted by Gasteiger charge is -2.34. The molecular weight excluding hydrogens is 1170 g/mol. The molecule has 1 aliphatic carbocycles. The molecule has 0 saturated carbocycles. The second-order valence-corrected chi connectivity index (χ2v) is 25.7. The minimum Gasteiger partial charge on any atom is -0.456 e. The van der Waals surface area contributed by atoms with Crippen LogP contribution in [-0.2, 0) is 0 Å². The summed E-state index contributed by atoms with van der Waals surface area (Å²) >= 11 is 0. The number of aromatic nitrogens is 1. The molecule has 446 valence electrons. The number of benzene rings is 14. The summed E-state index contributed by atoms with van der Waals surface area (Å²) in [4.78, 5) is 7.12. The SMILES string of the molecule is C1=CN(c2ccc3c4cc(-c5cc6ccccc6c6cc(-c7ccccc7)ccc56)cc5oc6cc(-c7cccc(-c8ccc(-c9cccc%10ccccc9%10)cc8)c7)cc(c7cc(-c8ccc(-c9ccccn9)cc8)cc8oc2c3c87)c6c54)C2C=C(c3ccccc3)C=CC2=C1. The fraction of sp³-hybridized carbons (Fsp3) is 0.0109. The minimum absolute atomic E-state index is 0.0914. The molecule has 0 N–H and O–H groups in total. The third-order valence-corrected chi connectivity index (χ3v) is 20.3. The standard InChI is InChI=1S/C92H56N2O2/c1-3-16-56(17-4-1)66-40-41-75-77(48-68-21-8-10-27-74(68)78(75)47-66)71-51-79-76-42-43-83(94-45-15-25-63-38-39-67(52-84(63)94)57-18-5-2-6-19-57)92-91(76)90-81(49-69(53-87(90)96-92)59-32-36-62(37-33-59)82-29-11-12-44-93-82)80-50-70(54-85-89(80)88(79)86(55-71)95-85)65-24-13-23-64(46-65)58-30-34-61(35-31-58)73-28-14-22-60-20-7-9-26-72(60)73/h1-55,84H. The number of rotatable bonds is 9. The van der Waals surface area contributed by atoms with E-state index in [0.29, 0.717) is 0 Å². The molecule has 2 aliphatic rings. The van der Waals surface area contributed by atoms with Crippen LogP contribution < -0.4 is 4.90 Å². The first kappa shape index (κ1) is 54.0. The predicted molar refractivity (Wildman–Crippen MR) is 403 cm³/mol. The molecule has 4 heteroatoms. The van der Waals surface area contributed by atoms with Crippen molar-refractivity contribution in [2.75, 3.05) is 4.90 Å². The second-order valence-electron chi connectivity index (χ2n) is 25.7. The summed E-state index contributed by atoms with van der Waals surface area (Å²) < 4.78 is 15.3. The van der Waals surface area contributed by atoms with Gasteiger partial charge in [0, 0.05) is 39.5 Å². The van der Waals surface area contributed by atoms with Crippen molar-refractivity contribution in [1.29, 1.82) is 0 Å². The Balaban J connectivity index is 0.860. The third-order valence-electron chi connectivity index (χ3n) is 20.3. The van der Waals surface area contributed by atoms with Gasteiger partial charge in [0.1, 0.15) is 16.7 Å². The van der Waals surface area contributed by atoms with Gasteiger partial charge >= 0.3 is 0 Å². The van der Waals surface area contributed by atoms with Crippen LogP contribution in [0.25, 0.3) is 181 Å². The summed E-state index contributed by atoms with van der Waals surface area (Å²) in [5.74, 6) is 0. The molecule has 18 aromatic rings. The molecule has 1 atom stereocenters. The molecule has 15 aromatic carbocycles. The normalized spacial score (nSPS) is 14.0. The lowest BCUT2D eigenvalue weighted by molar-refractivity contribution is 0.667. The molecule has 96 heavy (non-hydrogen) atoms. The Hall–Kier alpha value is -12.6. The van der Waals surface area contributed by atoms with Crippen LogP contribution in [0.15, 0.2) is 348 Å². The van der Waals surface area contributed by atoms with Crippen molar-refractivity contribution in [2.24, 2.45) is 0 Å². The van der Waals surface area contributed by atoms with Gasteiger partial charge in [0.25, 0.3) is 0 Å². The van der Waals surface area contributed by atoms with Crippen molar-refractivity contribution in [1.82, 2.24) is 4.98 Å². The first-order valence-corrected chi connectivity index (χ1v) is 33.0. The van der Waals surface area contributed by atoms with Gasteiger partial charge in [-0.05, 0) is 222 Å². The predicted octanol–water partition coefficient (Wildman–Crippen LogP) is 25.0. The fourth-order valence-electron chi connectivity index (χ4n) is 15.7. The molecule has 1 aliphatic heterocycles. The van der Waals surface area contributed by atoms with Crippen molar-refractivity contribution in [2.45, 2.75) is 6.04 Å². The Labute approximate surface area is 553 Å². The van der Waals surface area contributed by atoms with E-state index < -0.39 is 0 Å². The van der Waals surface area contributed by atoms with Crippen molar-refractivity contribution in [3.63, 3.8) is 0 Å². The van der Waals surface area contributed by atoms with E-state index in [1.807, 2.05) is 18.3 Å². The summed E-state index contributed by atoms with van der Waals surface area (Å²) in [6.07, 6.45) is 15.4. The van der Waals surface area contributed by atoms with E-state index >= 15 is 0 Å². The number of anilines is 1. The highest BCUT2D eigenvalue weighted by molar-refractivity contribution is 6.38. The zero-order valence-electron chi connectivity index (χ0n) is 52.0. The maximum absolute atomic E-state index is 7.70. The molecule has 4 heterocycles. The van der Waals surface area contributed by atoms with Crippen molar-refractivity contribution in [3.05, 3.63) is 345 Å². The van der Waals surface area contributed by atoms with E-state index in [1.165, 1.54) is 71.3 Å². The van der Waals surface area contributed by atoms with Crippen LogP contribution in [-0.4, -0.2) is 11.0 Å². The zero-order valence-corrected chi connectivity index (χ0v) is 52.0. The molecule has 0 bridgehead atoms. The Kier molecular flexibility index (Phi) is 12.1. The van der Waals surface area contributed by atoms with Gasteiger partial charge in [0.15, 0.2) is 5.58 Å². The van der Waals surface area contributed by atoms with Crippen LogP contribution in [0.2, 0.25) is 0 Å². The van der Waals surface area contributed by atoms with E-state index in [1.54, 1.807) is 0 Å². The summed E-state index contributed by atoms with van der Waals surface area (Å²) in [5.41, 5.74) is 23.4. The van der Waals surface area contributed by atoms with Crippen molar-refractivity contribution >= 4 is 109 Å². The first-order chi connectivity index (χ1) is 47.5. The number of allylic oxidation sites excluding steroid dienone is 4. The summed E-state index contributed by atoms with van der Waals surface area (Å²) in [6.45, 7) is 0. The average molecular weight is 1220 g/mol. The number of hydrogen-bond acceptors (Lipinski definition) is 4. The molecule has 20 rings (SSSR count).